The molecule has 0 aromatic carbocycles. The Morgan fingerprint density at radius 3 is 3.00 bits per heavy atom. The van der Waals surface area contributed by atoms with E-state index in [1.807, 2.05) is 12.4 Å². The van der Waals surface area contributed by atoms with Crippen LogP contribution < -0.4 is 5.32 Å². The third kappa shape index (κ3) is 3.58. The topological polar surface area (TPSA) is 28.2 Å². The number of likely N-dealkylation sites (N-methyl/N-ethyl adjacent to an activating group) is 1. The van der Waals surface area contributed by atoms with Gasteiger partial charge in [0, 0.05) is 25.0 Å². The van der Waals surface area contributed by atoms with Crippen LogP contribution in [0.25, 0.3) is 0 Å². The molecule has 1 aliphatic rings. The lowest BCUT2D eigenvalue weighted by Gasteiger charge is -2.30. The van der Waals surface area contributed by atoms with Gasteiger partial charge in [-0.05, 0) is 57.1 Å². The predicted octanol–water partition coefficient (Wildman–Crippen LogP) is 1.31. The average Bonchev–Trinajstić information content (AvgIpc) is 2.30. The molecular weight excluding hydrogens is 198 g/mol. The van der Waals surface area contributed by atoms with Crippen molar-refractivity contribution in [3.63, 3.8) is 0 Å². The van der Waals surface area contributed by atoms with Gasteiger partial charge in [-0.3, -0.25) is 4.98 Å². The molecular formula is C13H21N3. The number of likely N-dealkylation sites (tertiary alicyclic amines) is 1. The molecule has 2 heterocycles. The molecule has 0 aliphatic carbocycles. The Bertz CT molecular complexity index is 299. The van der Waals surface area contributed by atoms with Gasteiger partial charge in [-0.25, -0.2) is 0 Å². The van der Waals surface area contributed by atoms with E-state index in [0.29, 0.717) is 6.04 Å². The molecule has 0 amide bonds. The van der Waals surface area contributed by atoms with Gasteiger partial charge >= 0.3 is 0 Å². The number of rotatable bonds is 4. The number of nitrogens with one attached hydrogen (secondary N) is 1. The third-order valence-electron chi connectivity index (χ3n) is 3.22. The van der Waals surface area contributed by atoms with Crippen molar-refractivity contribution in [3.05, 3.63) is 30.1 Å². The quantitative estimate of drug-likeness (QED) is 0.827. The lowest BCUT2D eigenvalue weighted by molar-refractivity contribution is 0.228. The molecule has 1 fully saturated rings. The maximum Gasteiger partial charge on any atom is 0.0270 e. The second-order valence-corrected chi connectivity index (χ2v) is 4.66. The zero-order chi connectivity index (χ0) is 11.2. The van der Waals surface area contributed by atoms with Crippen LogP contribution in [0.1, 0.15) is 18.4 Å². The van der Waals surface area contributed by atoms with E-state index in [-0.39, 0.29) is 0 Å². The number of hydrogen-bond acceptors (Lipinski definition) is 3. The summed E-state index contributed by atoms with van der Waals surface area (Å²) in [7, 11) is 2.21. The predicted molar refractivity (Wildman–Crippen MR) is 66.5 cm³/mol. The van der Waals surface area contributed by atoms with E-state index in [4.69, 9.17) is 0 Å². The molecule has 1 unspecified atom stereocenters. The number of hydrogen-bond donors (Lipinski definition) is 1. The molecule has 1 saturated heterocycles. The summed E-state index contributed by atoms with van der Waals surface area (Å²) in [5, 5.41) is 3.64. The summed E-state index contributed by atoms with van der Waals surface area (Å²) in [6.07, 6.45) is 7.47. The van der Waals surface area contributed by atoms with Gasteiger partial charge in [0.1, 0.15) is 0 Å². The van der Waals surface area contributed by atoms with E-state index in [1.54, 1.807) is 0 Å². The van der Waals surface area contributed by atoms with Crippen molar-refractivity contribution in [2.24, 2.45) is 0 Å². The highest BCUT2D eigenvalue weighted by atomic mass is 15.1. The lowest BCUT2D eigenvalue weighted by Crippen LogP contribution is -2.44. The Morgan fingerprint density at radius 1 is 1.44 bits per heavy atom. The van der Waals surface area contributed by atoms with E-state index in [9.17, 15) is 0 Å². The van der Waals surface area contributed by atoms with Crippen molar-refractivity contribution < 1.29 is 0 Å². The second-order valence-electron chi connectivity index (χ2n) is 4.66. The standard InChI is InChI=1S/C13H21N3/c1-16-10-2-3-13(11-16)15-9-6-12-4-7-14-8-5-12/h4-5,7-8,13,15H,2-3,6,9-11H2,1H3. The Hall–Kier alpha value is -0.930. The molecule has 88 valence electrons. The summed E-state index contributed by atoms with van der Waals surface area (Å²) in [6.45, 7) is 3.52. The summed E-state index contributed by atoms with van der Waals surface area (Å²) in [5.74, 6) is 0. The Morgan fingerprint density at radius 2 is 2.25 bits per heavy atom. The number of aromatic nitrogens is 1. The first-order valence-corrected chi connectivity index (χ1v) is 6.15. The van der Waals surface area contributed by atoms with Gasteiger partial charge in [0.2, 0.25) is 0 Å². The van der Waals surface area contributed by atoms with Crippen LogP contribution >= 0.6 is 0 Å². The molecule has 0 bridgehead atoms. The first kappa shape index (κ1) is 11.6. The van der Waals surface area contributed by atoms with Gasteiger partial charge < -0.3 is 10.2 Å². The molecule has 2 rings (SSSR count). The molecule has 1 aromatic rings. The van der Waals surface area contributed by atoms with Crippen LogP contribution in [0.2, 0.25) is 0 Å². The molecule has 1 atom stereocenters. The smallest absolute Gasteiger partial charge is 0.0270 e. The van der Waals surface area contributed by atoms with Gasteiger partial charge in [-0.15, -0.1) is 0 Å². The number of pyridine rings is 1. The van der Waals surface area contributed by atoms with Crippen molar-refractivity contribution in [3.8, 4) is 0 Å². The van der Waals surface area contributed by atoms with E-state index in [0.717, 1.165) is 13.0 Å². The minimum atomic E-state index is 0.681. The summed E-state index contributed by atoms with van der Waals surface area (Å²) in [4.78, 5) is 6.44. The minimum absolute atomic E-state index is 0.681. The maximum absolute atomic E-state index is 4.03. The molecule has 3 heteroatoms. The molecule has 0 spiro atoms. The minimum Gasteiger partial charge on any atom is -0.312 e. The van der Waals surface area contributed by atoms with Gasteiger partial charge in [-0.2, -0.15) is 0 Å². The van der Waals surface area contributed by atoms with E-state index in [2.05, 4.69) is 34.4 Å². The van der Waals surface area contributed by atoms with Crippen molar-refractivity contribution in [1.82, 2.24) is 15.2 Å². The van der Waals surface area contributed by atoms with Gasteiger partial charge in [-0.1, -0.05) is 0 Å². The van der Waals surface area contributed by atoms with E-state index < -0.39 is 0 Å². The van der Waals surface area contributed by atoms with Crippen molar-refractivity contribution >= 4 is 0 Å². The van der Waals surface area contributed by atoms with Gasteiger partial charge in [0.05, 0.1) is 0 Å². The van der Waals surface area contributed by atoms with Crippen LogP contribution in [-0.2, 0) is 6.42 Å². The van der Waals surface area contributed by atoms with Crippen LogP contribution in [0, 0.1) is 0 Å². The second kappa shape index (κ2) is 5.97. The Labute approximate surface area is 97.9 Å². The SMILES string of the molecule is CN1CCCC(NCCc2ccncc2)C1. The highest BCUT2D eigenvalue weighted by molar-refractivity contribution is 5.09. The van der Waals surface area contributed by atoms with Gasteiger partial charge in [0.15, 0.2) is 0 Å². The highest BCUT2D eigenvalue weighted by Crippen LogP contribution is 2.07. The molecule has 1 aliphatic heterocycles. The summed E-state index contributed by atoms with van der Waals surface area (Å²) < 4.78 is 0. The zero-order valence-electron chi connectivity index (χ0n) is 10.0. The highest BCUT2D eigenvalue weighted by Gasteiger charge is 2.15. The van der Waals surface area contributed by atoms with Gasteiger partial charge in [0.25, 0.3) is 0 Å². The number of piperidine rings is 1. The summed E-state index contributed by atoms with van der Waals surface area (Å²) in [6, 6.07) is 4.86. The molecule has 16 heavy (non-hydrogen) atoms. The normalized spacial score (nSPS) is 22.2. The van der Waals surface area contributed by atoms with Crippen LogP contribution in [0.15, 0.2) is 24.5 Å². The Kier molecular flexibility index (Phi) is 4.31. The fourth-order valence-corrected chi connectivity index (χ4v) is 2.30. The zero-order valence-corrected chi connectivity index (χ0v) is 10.0. The molecule has 3 nitrogen and oxygen atoms in total. The maximum atomic E-state index is 4.03. The van der Waals surface area contributed by atoms with Crippen molar-refractivity contribution in [2.75, 3.05) is 26.7 Å². The molecule has 0 radical (unpaired) electrons. The first-order chi connectivity index (χ1) is 7.84. The largest absolute Gasteiger partial charge is 0.312 e. The van der Waals surface area contributed by atoms with Crippen molar-refractivity contribution in [1.29, 1.82) is 0 Å². The van der Waals surface area contributed by atoms with Crippen LogP contribution in [-0.4, -0.2) is 42.6 Å². The van der Waals surface area contributed by atoms with E-state index in [1.165, 1.54) is 31.5 Å². The Balaban J connectivity index is 1.68. The average molecular weight is 219 g/mol. The lowest BCUT2D eigenvalue weighted by atomic mass is 10.1. The van der Waals surface area contributed by atoms with E-state index >= 15 is 0 Å². The fraction of sp³-hybridized carbons (Fsp3) is 0.615. The van der Waals surface area contributed by atoms with Crippen LogP contribution in [0.3, 0.4) is 0 Å². The third-order valence-corrected chi connectivity index (χ3v) is 3.22. The molecule has 1 aromatic heterocycles. The summed E-state index contributed by atoms with van der Waals surface area (Å²) >= 11 is 0. The number of nitrogens with zero attached hydrogens (tertiary/aromatic N) is 2. The molecule has 1 N–H and O–H groups in total. The van der Waals surface area contributed by atoms with Crippen molar-refractivity contribution in [2.45, 2.75) is 25.3 Å². The van der Waals surface area contributed by atoms with Crippen LogP contribution in [0.4, 0.5) is 0 Å². The van der Waals surface area contributed by atoms with Crippen LogP contribution in [0.5, 0.6) is 0 Å². The molecule has 0 saturated carbocycles. The fourth-order valence-electron chi connectivity index (χ4n) is 2.30. The monoisotopic (exact) mass is 219 g/mol. The first-order valence-electron chi connectivity index (χ1n) is 6.15. The summed E-state index contributed by atoms with van der Waals surface area (Å²) in [5.41, 5.74) is 1.37.